The maximum Gasteiger partial charge on any atom is 0.472 e. The minimum absolute atomic E-state index is 0.0780. The highest BCUT2D eigenvalue weighted by Crippen LogP contribution is 2.45. The van der Waals surface area contributed by atoms with E-state index in [9.17, 15) is 43.2 Å². The van der Waals surface area contributed by atoms with Gasteiger partial charge in [0.25, 0.3) is 0 Å². The molecule has 0 aromatic rings. The van der Waals surface area contributed by atoms with Crippen LogP contribution >= 0.6 is 15.6 Å². The highest BCUT2D eigenvalue weighted by Gasteiger charge is 2.30. The van der Waals surface area contributed by atoms with Gasteiger partial charge in [-0.1, -0.05) is 246 Å². The highest BCUT2D eigenvalue weighted by molar-refractivity contribution is 7.47. The van der Waals surface area contributed by atoms with Crippen LogP contribution in [0.4, 0.5) is 0 Å². The van der Waals surface area contributed by atoms with Crippen LogP contribution < -0.4 is 0 Å². The number of carbonyl (C=O) groups is 4. The minimum atomic E-state index is -4.98. The Hall–Kier alpha value is -4.28. The summed E-state index contributed by atoms with van der Waals surface area (Å²) >= 11 is 0. The van der Waals surface area contributed by atoms with Gasteiger partial charge in [-0.15, -0.1) is 0 Å². The van der Waals surface area contributed by atoms with E-state index in [0.717, 1.165) is 180 Å². The predicted molar refractivity (Wildman–Crippen MR) is 399 cm³/mol. The van der Waals surface area contributed by atoms with Crippen molar-refractivity contribution >= 4 is 39.5 Å². The van der Waals surface area contributed by atoms with Gasteiger partial charge in [-0.2, -0.15) is 0 Å². The second-order valence-electron chi connectivity index (χ2n) is 25.2. The summed E-state index contributed by atoms with van der Waals surface area (Å²) in [6.07, 6.45) is 75.0. The maximum atomic E-state index is 13.1. The summed E-state index contributed by atoms with van der Waals surface area (Å²) in [4.78, 5) is 72.8. The van der Waals surface area contributed by atoms with E-state index in [-0.39, 0.29) is 25.7 Å². The molecule has 0 aromatic heterocycles. The average Bonchev–Trinajstić information content (AvgIpc) is 0.969. The lowest BCUT2D eigenvalue weighted by molar-refractivity contribution is -0.161. The summed E-state index contributed by atoms with van der Waals surface area (Å²) in [5.74, 6) is -2.23. The van der Waals surface area contributed by atoms with Gasteiger partial charge in [-0.05, 0) is 148 Å². The molecule has 19 heteroatoms. The summed E-state index contributed by atoms with van der Waals surface area (Å²) in [7, 11) is -9.96. The van der Waals surface area contributed by atoms with Crippen molar-refractivity contribution in [2.75, 3.05) is 39.6 Å². The van der Waals surface area contributed by atoms with Crippen LogP contribution in [0, 0.1) is 0 Å². The molecule has 0 heterocycles. The molecule has 3 N–H and O–H groups in total. The molecule has 17 nitrogen and oxygen atoms in total. The minimum Gasteiger partial charge on any atom is -0.462 e. The first kappa shape index (κ1) is 93.7. The summed E-state index contributed by atoms with van der Waals surface area (Å²) < 4.78 is 68.4. The smallest absolute Gasteiger partial charge is 0.462 e. The molecule has 0 radical (unpaired) electrons. The van der Waals surface area contributed by atoms with Crippen LogP contribution in [0.1, 0.15) is 310 Å². The standard InChI is InChI=1S/C79H136O17P2/c1-5-9-13-17-21-25-29-33-35-36-38-42-44-48-52-56-60-64-77(82)90-70-75(96-79(84)66-62-58-54-50-46-40-32-28-24-20-16-12-8-4)72-94-98(87,88)92-68-73(80)67-91-97(85,86)93-71-74(95-78(83)65-61-57-53-49-45-39-31-27-23-19-15-11-7-3)69-89-76(81)63-59-55-51-47-43-41-37-34-30-26-22-18-14-10-6-2/h9-10,13-14,21-22,25-28,31-35,37-38,42,73-75,80H,5-8,11-12,15-20,23-24,29-30,36,39-41,43-72H2,1-4H3,(H,85,86)(H,87,88)/b13-9-,14-10-,25-21-,26-22-,31-27-,32-28-,35-33-,37-34-,42-38-. The number of hydrogen-bond donors (Lipinski definition) is 3. The summed E-state index contributed by atoms with van der Waals surface area (Å²) in [6.45, 7) is 4.56. The highest BCUT2D eigenvalue weighted by atomic mass is 31.2. The number of carbonyl (C=O) groups excluding carboxylic acids is 4. The molecule has 5 atom stereocenters. The van der Waals surface area contributed by atoms with Crippen molar-refractivity contribution in [2.45, 2.75) is 329 Å². The summed E-state index contributed by atoms with van der Waals surface area (Å²) in [5, 5.41) is 10.6. The Bertz CT molecular complexity index is 2290. The number of rotatable bonds is 71. The average molecular weight is 1420 g/mol. The van der Waals surface area contributed by atoms with Gasteiger partial charge in [-0.25, -0.2) is 9.13 Å². The van der Waals surface area contributed by atoms with Crippen LogP contribution in [0.5, 0.6) is 0 Å². The van der Waals surface area contributed by atoms with Crippen LogP contribution in [-0.4, -0.2) is 96.7 Å². The topological polar surface area (TPSA) is 237 Å². The van der Waals surface area contributed by atoms with Crippen LogP contribution in [-0.2, 0) is 65.4 Å². The Morgan fingerprint density at radius 2 is 0.531 bits per heavy atom. The van der Waals surface area contributed by atoms with Crippen LogP contribution in [0.2, 0.25) is 0 Å². The lowest BCUT2D eigenvalue weighted by atomic mass is 10.1. The SMILES string of the molecule is CC/C=C\C/C=C\C/C=C\C/C=C\CCCCCCC(=O)OCC(COP(=O)(O)OCC(O)COP(=O)(O)OCC(COC(=O)CCCCCCC/C=C\C/C=C\C/C=C\CC)OC(=O)CCCCCCC/C=C\CCCCCC)OC(=O)CCCCCCC/C=C\CCCCCC. The normalized spacial score (nSPS) is 14.6. The summed E-state index contributed by atoms with van der Waals surface area (Å²) in [5.41, 5.74) is 0. The van der Waals surface area contributed by atoms with E-state index >= 15 is 0 Å². The van der Waals surface area contributed by atoms with Gasteiger partial charge >= 0.3 is 39.5 Å². The van der Waals surface area contributed by atoms with E-state index in [1.807, 2.05) is 0 Å². The number of aliphatic hydroxyl groups excluding tert-OH is 1. The Morgan fingerprint density at radius 3 is 0.827 bits per heavy atom. The molecule has 0 aromatic carbocycles. The number of aliphatic hydroxyl groups is 1. The van der Waals surface area contributed by atoms with E-state index in [0.29, 0.717) is 25.7 Å². The number of allylic oxidation sites excluding steroid dienone is 18. The Morgan fingerprint density at radius 1 is 0.296 bits per heavy atom. The lowest BCUT2D eigenvalue weighted by Gasteiger charge is -2.21. The Balaban J connectivity index is 5.37. The third-order valence-electron chi connectivity index (χ3n) is 15.7. The first-order valence-corrected chi connectivity index (χ1v) is 41.1. The number of unbranched alkanes of at least 4 members (excludes halogenated alkanes) is 27. The van der Waals surface area contributed by atoms with Gasteiger partial charge in [0.15, 0.2) is 12.2 Å². The predicted octanol–water partition coefficient (Wildman–Crippen LogP) is 21.8. The van der Waals surface area contributed by atoms with Gasteiger partial charge in [0.1, 0.15) is 19.3 Å². The number of ether oxygens (including phenoxy) is 4. The molecule has 0 aliphatic rings. The zero-order valence-electron chi connectivity index (χ0n) is 61.4. The van der Waals surface area contributed by atoms with E-state index in [4.69, 9.17) is 37.0 Å². The molecule has 0 aliphatic heterocycles. The molecule has 0 saturated heterocycles. The number of phosphoric ester groups is 2. The number of phosphoric acid groups is 2. The van der Waals surface area contributed by atoms with Crippen molar-refractivity contribution in [2.24, 2.45) is 0 Å². The van der Waals surface area contributed by atoms with Gasteiger partial charge in [0, 0.05) is 25.7 Å². The van der Waals surface area contributed by atoms with Crippen molar-refractivity contribution < 1.29 is 80.2 Å². The molecule has 0 fully saturated rings. The van der Waals surface area contributed by atoms with Crippen LogP contribution in [0.25, 0.3) is 0 Å². The molecule has 564 valence electrons. The fourth-order valence-electron chi connectivity index (χ4n) is 9.92. The zero-order chi connectivity index (χ0) is 71.8. The molecule has 0 spiro atoms. The first-order valence-electron chi connectivity index (χ1n) is 38.1. The zero-order valence-corrected chi connectivity index (χ0v) is 63.2. The molecule has 98 heavy (non-hydrogen) atoms. The van der Waals surface area contributed by atoms with Crippen molar-refractivity contribution in [1.82, 2.24) is 0 Å². The van der Waals surface area contributed by atoms with Crippen LogP contribution in [0.3, 0.4) is 0 Å². The van der Waals surface area contributed by atoms with E-state index in [1.165, 1.54) is 51.4 Å². The first-order chi connectivity index (χ1) is 47.7. The van der Waals surface area contributed by atoms with Crippen LogP contribution in [0.15, 0.2) is 109 Å². The molecular formula is C79H136O17P2. The van der Waals surface area contributed by atoms with Gasteiger partial charge < -0.3 is 33.8 Å². The fourth-order valence-corrected chi connectivity index (χ4v) is 11.5. The second kappa shape index (κ2) is 71.1. The molecule has 0 aliphatic carbocycles. The van der Waals surface area contributed by atoms with Crippen molar-refractivity contribution in [3.8, 4) is 0 Å². The third-order valence-corrected chi connectivity index (χ3v) is 17.6. The molecule has 0 bridgehead atoms. The molecule has 0 amide bonds. The maximum absolute atomic E-state index is 13.1. The largest absolute Gasteiger partial charge is 0.472 e. The van der Waals surface area contributed by atoms with Gasteiger partial charge in [0.2, 0.25) is 0 Å². The third kappa shape index (κ3) is 70.2. The molecule has 5 unspecified atom stereocenters. The summed E-state index contributed by atoms with van der Waals surface area (Å²) in [6, 6.07) is 0. The van der Waals surface area contributed by atoms with E-state index in [2.05, 4.69) is 137 Å². The van der Waals surface area contributed by atoms with E-state index in [1.54, 1.807) is 0 Å². The monoisotopic (exact) mass is 1420 g/mol. The van der Waals surface area contributed by atoms with Crippen molar-refractivity contribution in [3.05, 3.63) is 109 Å². The lowest BCUT2D eigenvalue weighted by Crippen LogP contribution is -2.30. The van der Waals surface area contributed by atoms with E-state index < -0.39 is 97.5 Å². The quantitative estimate of drug-likeness (QED) is 0.0169. The van der Waals surface area contributed by atoms with Crippen molar-refractivity contribution in [1.29, 1.82) is 0 Å². The van der Waals surface area contributed by atoms with Gasteiger partial charge in [0.05, 0.1) is 26.4 Å². The van der Waals surface area contributed by atoms with Crippen molar-refractivity contribution in [3.63, 3.8) is 0 Å². The fraction of sp³-hybridized carbons (Fsp3) is 0.722. The van der Waals surface area contributed by atoms with Gasteiger partial charge in [-0.3, -0.25) is 37.3 Å². The number of esters is 4. The molecule has 0 saturated carbocycles. The Kier molecular flexibility index (Phi) is 68.0. The molecule has 0 rings (SSSR count). The Labute approximate surface area is 594 Å². The second-order valence-corrected chi connectivity index (χ2v) is 28.1. The number of hydrogen-bond acceptors (Lipinski definition) is 15. The molecular weight excluding hydrogens is 1280 g/mol.